The lowest BCUT2D eigenvalue weighted by atomic mass is 10.2. The molecular weight excluding hydrogens is 382 g/mol. The van der Waals surface area contributed by atoms with Crippen molar-refractivity contribution in [3.05, 3.63) is 88.0 Å². The van der Waals surface area contributed by atoms with Gasteiger partial charge in [-0.05, 0) is 48.0 Å². The molecule has 3 aromatic carbocycles. The molecule has 0 saturated carbocycles. The van der Waals surface area contributed by atoms with Crippen molar-refractivity contribution in [2.45, 2.75) is 0 Å². The molecule has 3 aromatic rings. The molecule has 0 bridgehead atoms. The van der Waals surface area contributed by atoms with E-state index in [4.69, 9.17) is 21.0 Å². The van der Waals surface area contributed by atoms with Crippen molar-refractivity contribution in [3.8, 4) is 23.6 Å². The van der Waals surface area contributed by atoms with E-state index in [-0.39, 0.29) is 17.1 Å². The summed E-state index contributed by atoms with van der Waals surface area (Å²) < 4.78 is 5.73. The van der Waals surface area contributed by atoms with Gasteiger partial charge >= 0.3 is 5.69 Å². The average molecular weight is 397 g/mol. The number of nitrogens with two attached hydrogens (primary N) is 1. The predicted molar refractivity (Wildman–Crippen MR) is 113 cm³/mol. The maximum absolute atomic E-state index is 11.5. The lowest BCUT2D eigenvalue weighted by Gasteiger charge is -2.13. The van der Waals surface area contributed by atoms with Crippen LogP contribution in [-0.2, 0) is 0 Å². The van der Waals surface area contributed by atoms with Crippen molar-refractivity contribution >= 4 is 28.8 Å². The van der Waals surface area contributed by atoms with Crippen molar-refractivity contribution in [1.29, 1.82) is 10.5 Å². The van der Waals surface area contributed by atoms with Crippen LogP contribution in [-0.4, -0.2) is 4.92 Å². The number of hydrogen-bond donors (Lipinski definition) is 2. The molecule has 146 valence electrons. The molecule has 0 aromatic heterocycles. The summed E-state index contributed by atoms with van der Waals surface area (Å²) >= 11 is 0. The molecule has 0 aliphatic heterocycles. The maximum atomic E-state index is 11.5. The number of nitro benzene ring substituents is 1. The molecule has 0 unspecified atom stereocenters. The molecule has 3 rings (SSSR count). The zero-order chi connectivity index (χ0) is 21.5. The largest absolute Gasteiger partial charge is 0.450 e. The van der Waals surface area contributed by atoms with Gasteiger partial charge < -0.3 is 15.8 Å². The van der Waals surface area contributed by atoms with Gasteiger partial charge in [0.25, 0.3) is 0 Å². The van der Waals surface area contributed by atoms with Gasteiger partial charge in [-0.25, -0.2) is 0 Å². The van der Waals surface area contributed by atoms with Crippen LogP contribution < -0.4 is 15.8 Å². The molecule has 30 heavy (non-hydrogen) atoms. The zero-order valence-corrected chi connectivity index (χ0v) is 15.6. The number of anilines is 3. The fourth-order valence-corrected chi connectivity index (χ4v) is 2.61. The highest BCUT2D eigenvalue weighted by molar-refractivity contribution is 5.78. The Morgan fingerprint density at radius 2 is 1.77 bits per heavy atom. The van der Waals surface area contributed by atoms with Crippen LogP contribution in [0.15, 0.2) is 66.7 Å². The molecule has 0 atom stereocenters. The number of hydrogen-bond acceptors (Lipinski definition) is 7. The van der Waals surface area contributed by atoms with Crippen LogP contribution in [0, 0.1) is 32.8 Å². The molecule has 8 nitrogen and oxygen atoms in total. The van der Waals surface area contributed by atoms with Crippen LogP contribution in [0.5, 0.6) is 11.5 Å². The predicted octanol–water partition coefficient (Wildman–Crippen LogP) is 5.12. The number of rotatable bonds is 6. The Morgan fingerprint density at radius 3 is 2.37 bits per heavy atom. The second-order valence-electron chi connectivity index (χ2n) is 6.11. The molecule has 0 aliphatic rings. The van der Waals surface area contributed by atoms with Crippen LogP contribution in [0.4, 0.5) is 22.7 Å². The van der Waals surface area contributed by atoms with E-state index in [0.717, 1.165) is 5.56 Å². The molecule has 0 aliphatic carbocycles. The van der Waals surface area contributed by atoms with Gasteiger partial charge in [0.2, 0.25) is 5.75 Å². The number of benzene rings is 3. The Labute approximate surface area is 172 Å². The van der Waals surface area contributed by atoms with Gasteiger partial charge in [-0.15, -0.1) is 0 Å². The van der Waals surface area contributed by atoms with Crippen molar-refractivity contribution in [2.75, 3.05) is 11.1 Å². The summed E-state index contributed by atoms with van der Waals surface area (Å²) in [5, 5.41) is 32.0. The van der Waals surface area contributed by atoms with E-state index in [2.05, 4.69) is 5.32 Å². The van der Waals surface area contributed by atoms with Gasteiger partial charge in [0.1, 0.15) is 5.75 Å². The summed E-state index contributed by atoms with van der Waals surface area (Å²) in [7, 11) is 0. The summed E-state index contributed by atoms with van der Waals surface area (Å²) in [6.45, 7) is 0. The van der Waals surface area contributed by atoms with E-state index in [1.165, 1.54) is 18.2 Å². The van der Waals surface area contributed by atoms with E-state index in [0.29, 0.717) is 22.7 Å². The van der Waals surface area contributed by atoms with Crippen LogP contribution >= 0.6 is 0 Å². The van der Waals surface area contributed by atoms with E-state index >= 15 is 0 Å². The first kappa shape index (κ1) is 19.9. The summed E-state index contributed by atoms with van der Waals surface area (Å²) in [6.07, 6.45) is 2.98. The fourth-order valence-electron chi connectivity index (χ4n) is 2.61. The minimum Gasteiger partial charge on any atom is -0.450 e. The number of allylic oxidation sites excluding steroid dienone is 1. The number of nitriles is 2. The van der Waals surface area contributed by atoms with E-state index < -0.39 is 4.92 Å². The Bertz CT molecular complexity index is 1190. The lowest BCUT2D eigenvalue weighted by molar-refractivity contribution is -0.385. The molecule has 0 spiro atoms. The van der Waals surface area contributed by atoms with Gasteiger partial charge in [0, 0.05) is 23.9 Å². The Hall–Kier alpha value is -4.82. The summed E-state index contributed by atoms with van der Waals surface area (Å²) in [5.74, 6) is 0.409. The van der Waals surface area contributed by atoms with Crippen LogP contribution in [0.1, 0.15) is 11.1 Å². The normalized spacial score (nSPS) is 10.2. The smallest absolute Gasteiger partial charge is 0.313 e. The minimum absolute atomic E-state index is 0.0191. The summed E-state index contributed by atoms with van der Waals surface area (Å²) in [4.78, 5) is 10.9. The van der Waals surface area contributed by atoms with Gasteiger partial charge in [-0.2, -0.15) is 10.5 Å². The first-order valence-electron chi connectivity index (χ1n) is 8.69. The average Bonchev–Trinajstić information content (AvgIpc) is 2.75. The van der Waals surface area contributed by atoms with Gasteiger partial charge in [0.05, 0.1) is 34.0 Å². The Morgan fingerprint density at radius 1 is 1.07 bits per heavy atom. The monoisotopic (exact) mass is 397 g/mol. The van der Waals surface area contributed by atoms with Crippen LogP contribution in [0.2, 0.25) is 0 Å². The number of nitro groups is 1. The van der Waals surface area contributed by atoms with Crippen molar-refractivity contribution in [1.82, 2.24) is 0 Å². The summed E-state index contributed by atoms with van der Waals surface area (Å²) in [5.41, 5.74) is 8.27. The quantitative estimate of drug-likeness (QED) is 0.255. The van der Waals surface area contributed by atoms with Gasteiger partial charge in [-0.1, -0.05) is 12.1 Å². The van der Waals surface area contributed by atoms with Crippen molar-refractivity contribution in [3.63, 3.8) is 0 Å². The van der Waals surface area contributed by atoms with Gasteiger partial charge in [-0.3, -0.25) is 10.1 Å². The number of nitrogen functional groups attached to an aromatic ring is 1. The first-order chi connectivity index (χ1) is 14.5. The lowest BCUT2D eigenvalue weighted by Crippen LogP contribution is -2.01. The third-order valence-corrected chi connectivity index (χ3v) is 4.08. The van der Waals surface area contributed by atoms with E-state index in [1.54, 1.807) is 54.6 Å². The Balaban J connectivity index is 1.91. The maximum Gasteiger partial charge on any atom is 0.313 e. The molecule has 8 heteroatoms. The van der Waals surface area contributed by atoms with Crippen molar-refractivity contribution < 1.29 is 9.66 Å². The SMILES string of the molecule is N#C/C=C/c1ccc(Oc2cc(Nc3ccc(C#N)cc3)c(N)cc2[N+](=O)[O-])cc1. The van der Waals surface area contributed by atoms with Gasteiger partial charge in [0.15, 0.2) is 0 Å². The Kier molecular flexibility index (Phi) is 5.92. The summed E-state index contributed by atoms with van der Waals surface area (Å²) in [6, 6.07) is 20.0. The number of nitrogens with zero attached hydrogens (tertiary/aromatic N) is 3. The molecule has 0 saturated heterocycles. The third-order valence-electron chi connectivity index (χ3n) is 4.08. The standard InChI is InChI=1S/C22H15N5O3/c23-11-1-2-15-5-9-18(10-6-15)30-22-13-20(19(25)12-21(22)27(28)29)26-17-7-3-16(14-24)4-8-17/h1-10,12-13,26H,25H2/b2-1+. The molecule has 0 fully saturated rings. The van der Waals surface area contributed by atoms with Crippen LogP contribution in [0.25, 0.3) is 6.08 Å². The second-order valence-corrected chi connectivity index (χ2v) is 6.11. The van der Waals surface area contributed by atoms with Crippen molar-refractivity contribution in [2.24, 2.45) is 0 Å². The third kappa shape index (κ3) is 4.71. The molecule has 3 N–H and O–H groups in total. The minimum atomic E-state index is -0.568. The van der Waals surface area contributed by atoms with E-state index in [1.807, 2.05) is 12.1 Å². The van der Waals surface area contributed by atoms with E-state index in [9.17, 15) is 10.1 Å². The highest BCUT2D eigenvalue weighted by atomic mass is 16.6. The number of ether oxygens (including phenoxy) is 1. The highest BCUT2D eigenvalue weighted by Gasteiger charge is 2.19. The zero-order valence-electron chi connectivity index (χ0n) is 15.6. The fraction of sp³-hybridized carbons (Fsp3) is 0. The van der Waals surface area contributed by atoms with Crippen LogP contribution in [0.3, 0.4) is 0 Å². The topological polar surface area (TPSA) is 138 Å². The molecule has 0 amide bonds. The molecule has 0 radical (unpaired) electrons. The first-order valence-corrected chi connectivity index (χ1v) is 8.69. The second kappa shape index (κ2) is 8.91. The highest BCUT2D eigenvalue weighted by Crippen LogP contribution is 2.38. The molecule has 0 heterocycles. The number of nitrogens with one attached hydrogen (secondary N) is 1. The molecular formula is C22H15N5O3.